The number of nitrogens with zero attached hydrogens (tertiary/aromatic N) is 2. The molecule has 0 bridgehead atoms. The third-order valence-corrected chi connectivity index (χ3v) is 6.39. The summed E-state index contributed by atoms with van der Waals surface area (Å²) in [4.78, 5) is 19.5. The molecule has 0 unspecified atom stereocenters. The molecule has 4 rings (SSSR count). The van der Waals surface area contributed by atoms with E-state index in [0.29, 0.717) is 34.1 Å². The molecule has 28 heavy (non-hydrogen) atoms. The zero-order chi connectivity index (χ0) is 19.7. The topological polar surface area (TPSA) is 68.0 Å². The Balaban J connectivity index is 1.52. The summed E-state index contributed by atoms with van der Waals surface area (Å²) in [6.45, 7) is 4.12. The van der Waals surface area contributed by atoms with Crippen LogP contribution in [0.4, 0.5) is 0 Å². The molecular weight excluding hydrogens is 414 g/mol. The maximum atomic E-state index is 12.8. The van der Waals surface area contributed by atoms with Gasteiger partial charge in [0.2, 0.25) is 0 Å². The number of carbonyl (C=O) groups is 1. The predicted octanol–water partition coefficient (Wildman–Crippen LogP) is 5.73. The van der Waals surface area contributed by atoms with E-state index in [4.69, 9.17) is 16.1 Å². The lowest BCUT2D eigenvalue weighted by Crippen LogP contribution is -2.23. The molecule has 0 aliphatic carbocycles. The lowest BCUT2D eigenvalue weighted by atomic mass is 10.1. The molecule has 1 amide bonds. The maximum Gasteiger partial charge on any atom is 0.257 e. The molecule has 5 nitrogen and oxygen atoms in total. The normalized spacial score (nSPS) is 11.0. The van der Waals surface area contributed by atoms with E-state index in [2.05, 4.69) is 15.5 Å². The summed E-state index contributed by atoms with van der Waals surface area (Å²) in [7, 11) is 0. The van der Waals surface area contributed by atoms with E-state index in [1.165, 1.54) is 0 Å². The van der Waals surface area contributed by atoms with Gasteiger partial charge in [0.25, 0.3) is 5.91 Å². The highest BCUT2D eigenvalue weighted by atomic mass is 35.5. The molecule has 0 aliphatic rings. The SMILES string of the molecule is Cc1nc(-c2ccc(CNC(=O)c3c(-c4ccccc4Cl)noc3C)s2)cs1. The van der Waals surface area contributed by atoms with Gasteiger partial charge in [-0.05, 0) is 32.0 Å². The van der Waals surface area contributed by atoms with Crippen LogP contribution in [0, 0.1) is 13.8 Å². The summed E-state index contributed by atoms with van der Waals surface area (Å²) < 4.78 is 5.27. The number of rotatable bonds is 5. The van der Waals surface area contributed by atoms with Crippen molar-refractivity contribution in [2.45, 2.75) is 20.4 Å². The van der Waals surface area contributed by atoms with Gasteiger partial charge in [0, 0.05) is 15.8 Å². The lowest BCUT2D eigenvalue weighted by molar-refractivity contribution is 0.0950. The number of aromatic nitrogens is 2. The first-order valence-electron chi connectivity index (χ1n) is 8.53. The number of halogens is 1. The maximum absolute atomic E-state index is 12.8. The van der Waals surface area contributed by atoms with Crippen molar-refractivity contribution in [3.63, 3.8) is 0 Å². The third kappa shape index (κ3) is 3.73. The fourth-order valence-electron chi connectivity index (χ4n) is 2.82. The molecule has 0 spiro atoms. The Kier molecular flexibility index (Phi) is 5.30. The van der Waals surface area contributed by atoms with Crippen LogP contribution < -0.4 is 5.32 Å². The largest absolute Gasteiger partial charge is 0.360 e. The molecule has 0 saturated carbocycles. The molecule has 4 aromatic rings. The van der Waals surface area contributed by atoms with E-state index in [1.807, 2.05) is 42.6 Å². The van der Waals surface area contributed by atoms with Crippen molar-refractivity contribution < 1.29 is 9.32 Å². The van der Waals surface area contributed by atoms with Crippen LogP contribution in [-0.2, 0) is 6.54 Å². The minimum Gasteiger partial charge on any atom is -0.360 e. The van der Waals surface area contributed by atoms with Gasteiger partial charge in [0.1, 0.15) is 17.0 Å². The molecular formula is C20H16ClN3O2S2. The van der Waals surface area contributed by atoms with Crippen molar-refractivity contribution in [1.29, 1.82) is 0 Å². The van der Waals surface area contributed by atoms with Crippen LogP contribution in [0.2, 0.25) is 5.02 Å². The van der Waals surface area contributed by atoms with E-state index in [0.717, 1.165) is 20.5 Å². The Morgan fingerprint density at radius 3 is 2.79 bits per heavy atom. The second-order valence-corrected chi connectivity index (χ2v) is 8.78. The zero-order valence-electron chi connectivity index (χ0n) is 15.2. The second-order valence-electron chi connectivity index (χ2n) is 6.14. The summed E-state index contributed by atoms with van der Waals surface area (Å²) in [6.07, 6.45) is 0. The number of thiazole rings is 1. The summed E-state index contributed by atoms with van der Waals surface area (Å²) in [5.74, 6) is 0.213. The number of aryl methyl sites for hydroxylation is 2. The fourth-order valence-corrected chi connectivity index (χ4v) is 4.64. The van der Waals surface area contributed by atoms with Crippen LogP contribution in [-0.4, -0.2) is 16.0 Å². The van der Waals surface area contributed by atoms with Crippen molar-refractivity contribution in [3.05, 3.63) is 68.0 Å². The number of benzene rings is 1. The van der Waals surface area contributed by atoms with Crippen LogP contribution in [0.1, 0.15) is 26.0 Å². The van der Waals surface area contributed by atoms with Crippen LogP contribution in [0.5, 0.6) is 0 Å². The fraction of sp³-hybridized carbons (Fsp3) is 0.150. The Bertz CT molecular complexity index is 1150. The number of carbonyl (C=O) groups excluding carboxylic acids is 1. The summed E-state index contributed by atoms with van der Waals surface area (Å²) in [5, 5.41) is 10.6. The van der Waals surface area contributed by atoms with Gasteiger partial charge in [-0.15, -0.1) is 22.7 Å². The van der Waals surface area contributed by atoms with Gasteiger partial charge < -0.3 is 9.84 Å². The Hall–Kier alpha value is -2.48. The minimum atomic E-state index is -0.242. The van der Waals surface area contributed by atoms with E-state index >= 15 is 0 Å². The number of hydrogen-bond donors (Lipinski definition) is 1. The van der Waals surface area contributed by atoms with E-state index < -0.39 is 0 Å². The van der Waals surface area contributed by atoms with Crippen LogP contribution in [0.15, 0.2) is 46.3 Å². The van der Waals surface area contributed by atoms with E-state index in [-0.39, 0.29) is 5.91 Å². The molecule has 0 radical (unpaired) electrons. The molecule has 142 valence electrons. The van der Waals surface area contributed by atoms with Crippen LogP contribution in [0.25, 0.3) is 21.8 Å². The number of thiophene rings is 1. The standard InChI is InChI=1S/C20H16ClN3O2S2/c1-11-18(19(24-26-11)14-5-3-4-6-15(14)21)20(25)22-9-13-7-8-17(28-13)16-10-27-12(2)23-16/h3-8,10H,9H2,1-2H3,(H,22,25). The Labute approximate surface area is 175 Å². The molecule has 1 N–H and O–H groups in total. The molecule has 3 aromatic heterocycles. The van der Waals surface area contributed by atoms with Gasteiger partial charge in [0.05, 0.1) is 27.1 Å². The zero-order valence-corrected chi connectivity index (χ0v) is 17.5. The van der Waals surface area contributed by atoms with Gasteiger partial charge >= 0.3 is 0 Å². The first-order chi connectivity index (χ1) is 13.5. The van der Waals surface area contributed by atoms with Crippen molar-refractivity contribution in [2.24, 2.45) is 0 Å². The predicted molar refractivity (Wildman–Crippen MR) is 113 cm³/mol. The molecule has 0 fully saturated rings. The molecule has 0 aliphatic heterocycles. The van der Waals surface area contributed by atoms with Gasteiger partial charge in [0.15, 0.2) is 0 Å². The summed E-state index contributed by atoms with van der Waals surface area (Å²) in [5.41, 5.74) is 2.50. The number of nitrogens with one attached hydrogen (secondary N) is 1. The van der Waals surface area contributed by atoms with Crippen molar-refractivity contribution >= 4 is 40.2 Å². The average molecular weight is 430 g/mol. The van der Waals surface area contributed by atoms with Crippen LogP contribution >= 0.6 is 34.3 Å². The Morgan fingerprint density at radius 2 is 2.04 bits per heavy atom. The van der Waals surface area contributed by atoms with E-state index in [9.17, 15) is 4.79 Å². The first kappa shape index (κ1) is 18.9. The lowest BCUT2D eigenvalue weighted by Gasteiger charge is -2.05. The van der Waals surface area contributed by atoms with Gasteiger partial charge in [-0.3, -0.25) is 4.79 Å². The second kappa shape index (κ2) is 7.87. The molecule has 0 saturated heterocycles. The van der Waals surface area contributed by atoms with Crippen molar-refractivity contribution in [1.82, 2.24) is 15.5 Å². The quantitative estimate of drug-likeness (QED) is 0.440. The Morgan fingerprint density at radius 1 is 1.21 bits per heavy atom. The number of amides is 1. The molecule has 3 heterocycles. The van der Waals surface area contributed by atoms with Gasteiger partial charge in [-0.1, -0.05) is 35.0 Å². The molecule has 8 heteroatoms. The van der Waals surface area contributed by atoms with E-state index in [1.54, 1.807) is 35.7 Å². The summed E-state index contributed by atoms with van der Waals surface area (Å²) >= 11 is 9.50. The highest BCUT2D eigenvalue weighted by Gasteiger charge is 2.23. The van der Waals surface area contributed by atoms with Crippen LogP contribution in [0.3, 0.4) is 0 Å². The summed E-state index contributed by atoms with van der Waals surface area (Å²) in [6, 6.07) is 11.3. The van der Waals surface area contributed by atoms with Crippen molar-refractivity contribution in [2.75, 3.05) is 0 Å². The monoisotopic (exact) mass is 429 g/mol. The molecule has 0 atom stereocenters. The van der Waals surface area contributed by atoms with Crippen molar-refractivity contribution in [3.8, 4) is 21.8 Å². The smallest absolute Gasteiger partial charge is 0.257 e. The third-order valence-electron chi connectivity index (χ3n) is 4.18. The number of hydrogen-bond acceptors (Lipinski definition) is 6. The highest BCUT2D eigenvalue weighted by Crippen LogP contribution is 2.32. The average Bonchev–Trinajstić information content (AvgIpc) is 3.40. The minimum absolute atomic E-state index is 0.242. The van der Waals surface area contributed by atoms with Gasteiger partial charge in [-0.25, -0.2) is 4.98 Å². The first-order valence-corrected chi connectivity index (χ1v) is 10.6. The highest BCUT2D eigenvalue weighted by molar-refractivity contribution is 7.16. The molecule has 1 aromatic carbocycles. The van der Waals surface area contributed by atoms with Gasteiger partial charge in [-0.2, -0.15) is 0 Å².